The molecule has 0 fully saturated rings. The van der Waals surface area contributed by atoms with Crippen molar-refractivity contribution >= 4 is 5.97 Å². The van der Waals surface area contributed by atoms with Gasteiger partial charge in [-0.05, 0) is 24.0 Å². The Labute approximate surface area is 97.6 Å². The van der Waals surface area contributed by atoms with Crippen molar-refractivity contribution in [2.75, 3.05) is 0 Å². The molecule has 0 N–H and O–H groups in total. The number of carbonyl (C=O) groups is 1. The van der Waals surface area contributed by atoms with Gasteiger partial charge in [-0.25, -0.2) is 0 Å². The zero-order valence-corrected chi connectivity index (χ0v) is 10.8. The predicted molar refractivity (Wildman–Crippen MR) is 66.0 cm³/mol. The van der Waals surface area contributed by atoms with Crippen LogP contribution < -0.4 is 4.74 Å². The van der Waals surface area contributed by atoms with E-state index in [0.717, 1.165) is 16.9 Å². The zero-order valence-electron chi connectivity index (χ0n) is 10.8. The molecule has 0 aromatic heterocycles. The minimum atomic E-state index is -0.129. The smallest absolute Gasteiger partial charge is 0.315 e. The largest absolute Gasteiger partial charge is 0.426 e. The Morgan fingerprint density at radius 2 is 1.88 bits per heavy atom. The van der Waals surface area contributed by atoms with Gasteiger partial charge in [-0.2, -0.15) is 0 Å². The molecule has 88 valence electrons. The number of rotatable bonds is 1. The van der Waals surface area contributed by atoms with Gasteiger partial charge < -0.3 is 4.74 Å². The molecule has 0 saturated carbocycles. The summed E-state index contributed by atoms with van der Waals surface area (Å²) in [6.07, 6.45) is 0.435. The third-order valence-corrected chi connectivity index (χ3v) is 2.65. The average Bonchev–Trinajstić information content (AvgIpc) is 2.63. The van der Waals surface area contributed by atoms with E-state index in [0.29, 0.717) is 12.3 Å². The third kappa shape index (κ3) is 2.26. The Bertz CT molecular complexity index is 392. The molecular formula is C14H20O2. The second kappa shape index (κ2) is 5.15. The van der Waals surface area contributed by atoms with E-state index < -0.39 is 0 Å². The number of esters is 1. The molecule has 1 aromatic rings. The van der Waals surface area contributed by atoms with Gasteiger partial charge in [0.2, 0.25) is 0 Å². The number of fused-ring (bicyclic) bond motifs is 1. The van der Waals surface area contributed by atoms with Crippen LogP contribution in [0.3, 0.4) is 0 Å². The highest BCUT2D eigenvalue weighted by Gasteiger charge is 2.25. The van der Waals surface area contributed by atoms with Crippen LogP contribution in [0.2, 0.25) is 0 Å². The second-order valence-electron chi connectivity index (χ2n) is 4.08. The fraction of sp³-hybridized carbons (Fsp3) is 0.500. The van der Waals surface area contributed by atoms with Crippen molar-refractivity contribution in [1.82, 2.24) is 0 Å². The summed E-state index contributed by atoms with van der Waals surface area (Å²) in [6.45, 7) is 10.2. The fourth-order valence-electron chi connectivity index (χ4n) is 1.92. The van der Waals surface area contributed by atoms with E-state index in [1.807, 2.05) is 26.8 Å². The molecule has 2 rings (SSSR count). The van der Waals surface area contributed by atoms with E-state index in [1.54, 1.807) is 0 Å². The molecule has 0 spiro atoms. The van der Waals surface area contributed by atoms with Gasteiger partial charge in [-0.1, -0.05) is 39.8 Å². The van der Waals surface area contributed by atoms with Crippen LogP contribution in [-0.4, -0.2) is 5.97 Å². The van der Waals surface area contributed by atoms with Gasteiger partial charge in [0.25, 0.3) is 0 Å². The molecular weight excluding hydrogens is 200 g/mol. The lowest BCUT2D eigenvalue weighted by molar-refractivity contribution is -0.131. The van der Waals surface area contributed by atoms with Crippen molar-refractivity contribution in [1.29, 1.82) is 0 Å². The normalized spacial score (nSPS) is 13.0. The third-order valence-electron chi connectivity index (χ3n) is 2.65. The summed E-state index contributed by atoms with van der Waals surface area (Å²) >= 11 is 0. The molecule has 1 aliphatic rings. The molecule has 0 saturated heterocycles. The maximum Gasteiger partial charge on any atom is 0.315 e. The summed E-state index contributed by atoms with van der Waals surface area (Å²) in [5, 5.41) is 0. The van der Waals surface area contributed by atoms with Crippen LogP contribution in [-0.2, 0) is 11.2 Å². The summed E-state index contributed by atoms with van der Waals surface area (Å²) in [4.78, 5) is 11.2. The maximum absolute atomic E-state index is 11.2. The lowest BCUT2D eigenvalue weighted by Crippen LogP contribution is -2.01. The SMILES string of the molecule is CC.Cc1ccc(C(C)C)c2c1OC(=O)C2. The Balaban J connectivity index is 0.000000606. The van der Waals surface area contributed by atoms with E-state index in [-0.39, 0.29) is 5.97 Å². The van der Waals surface area contributed by atoms with Crippen LogP contribution in [0.4, 0.5) is 0 Å². The minimum Gasteiger partial charge on any atom is -0.426 e. The highest BCUT2D eigenvalue weighted by molar-refractivity contribution is 5.82. The summed E-state index contributed by atoms with van der Waals surface area (Å²) < 4.78 is 5.19. The first-order valence-electron chi connectivity index (χ1n) is 5.92. The van der Waals surface area contributed by atoms with E-state index in [1.165, 1.54) is 5.56 Å². The molecule has 1 heterocycles. The zero-order chi connectivity index (χ0) is 12.3. The monoisotopic (exact) mass is 220 g/mol. The summed E-state index contributed by atoms with van der Waals surface area (Å²) in [7, 11) is 0. The molecule has 0 amide bonds. The van der Waals surface area contributed by atoms with Gasteiger partial charge in [0.1, 0.15) is 5.75 Å². The fourth-order valence-corrected chi connectivity index (χ4v) is 1.92. The summed E-state index contributed by atoms with van der Waals surface area (Å²) in [5.74, 6) is 1.11. The summed E-state index contributed by atoms with van der Waals surface area (Å²) in [6, 6.07) is 4.12. The van der Waals surface area contributed by atoms with Crippen LogP contribution in [0.5, 0.6) is 5.75 Å². The van der Waals surface area contributed by atoms with E-state index >= 15 is 0 Å². The van der Waals surface area contributed by atoms with Gasteiger partial charge >= 0.3 is 5.97 Å². The van der Waals surface area contributed by atoms with Gasteiger partial charge in [0.15, 0.2) is 0 Å². The predicted octanol–water partition coefficient (Wildman–Crippen LogP) is 3.61. The van der Waals surface area contributed by atoms with Crippen molar-refractivity contribution in [3.8, 4) is 5.75 Å². The van der Waals surface area contributed by atoms with Crippen LogP contribution in [0, 0.1) is 6.92 Å². The van der Waals surface area contributed by atoms with Gasteiger partial charge in [0.05, 0.1) is 6.42 Å². The number of benzene rings is 1. The quantitative estimate of drug-likeness (QED) is 0.534. The molecule has 0 atom stereocenters. The summed E-state index contributed by atoms with van der Waals surface area (Å²) in [5.41, 5.74) is 3.37. The standard InChI is InChI=1S/C12H14O2.C2H6/c1-7(2)9-5-4-8(3)12-10(9)6-11(13)14-12;1-2/h4-5,7H,6H2,1-3H3;1-2H3. The molecule has 0 bridgehead atoms. The van der Waals surface area contributed by atoms with Crippen LogP contribution in [0.15, 0.2) is 12.1 Å². The number of aryl methyl sites for hydroxylation is 1. The van der Waals surface area contributed by atoms with Crippen LogP contribution in [0.25, 0.3) is 0 Å². The Kier molecular flexibility index (Phi) is 4.11. The Morgan fingerprint density at radius 1 is 1.25 bits per heavy atom. The lowest BCUT2D eigenvalue weighted by Gasteiger charge is -2.11. The first-order valence-corrected chi connectivity index (χ1v) is 5.92. The Morgan fingerprint density at radius 3 is 2.44 bits per heavy atom. The van der Waals surface area contributed by atoms with Crippen molar-refractivity contribution in [2.24, 2.45) is 0 Å². The van der Waals surface area contributed by atoms with Gasteiger partial charge in [-0.15, -0.1) is 0 Å². The second-order valence-corrected chi connectivity index (χ2v) is 4.08. The van der Waals surface area contributed by atoms with Gasteiger partial charge in [-0.3, -0.25) is 4.79 Å². The molecule has 16 heavy (non-hydrogen) atoms. The van der Waals surface area contributed by atoms with Crippen LogP contribution >= 0.6 is 0 Å². The maximum atomic E-state index is 11.2. The van der Waals surface area contributed by atoms with E-state index in [4.69, 9.17) is 4.74 Å². The van der Waals surface area contributed by atoms with Crippen molar-refractivity contribution < 1.29 is 9.53 Å². The highest BCUT2D eigenvalue weighted by Crippen LogP contribution is 2.35. The molecule has 0 unspecified atom stereocenters. The molecule has 0 radical (unpaired) electrons. The lowest BCUT2D eigenvalue weighted by atomic mass is 9.94. The molecule has 2 heteroatoms. The highest BCUT2D eigenvalue weighted by atomic mass is 16.5. The molecule has 1 aromatic carbocycles. The van der Waals surface area contributed by atoms with Crippen molar-refractivity contribution in [3.05, 3.63) is 28.8 Å². The van der Waals surface area contributed by atoms with Crippen molar-refractivity contribution in [3.63, 3.8) is 0 Å². The van der Waals surface area contributed by atoms with Crippen LogP contribution in [0.1, 0.15) is 50.3 Å². The van der Waals surface area contributed by atoms with E-state index in [2.05, 4.69) is 19.9 Å². The number of ether oxygens (including phenoxy) is 1. The molecule has 0 aliphatic carbocycles. The molecule has 1 aliphatic heterocycles. The minimum absolute atomic E-state index is 0.129. The number of carbonyl (C=O) groups excluding carboxylic acids is 1. The number of hydrogen-bond donors (Lipinski definition) is 0. The number of hydrogen-bond acceptors (Lipinski definition) is 2. The first-order chi connectivity index (χ1) is 7.59. The average molecular weight is 220 g/mol. The van der Waals surface area contributed by atoms with Crippen molar-refractivity contribution in [2.45, 2.75) is 47.0 Å². The van der Waals surface area contributed by atoms with Gasteiger partial charge in [0, 0.05) is 5.56 Å². The first kappa shape index (κ1) is 12.8. The molecule has 2 nitrogen and oxygen atoms in total. The van der Waals surface area contributed by atoms with E-state index in [9.17, 15) is 4.79 Å². The topological polar surface area (TPSA) is 26.3 Å². The Hall–Kier alpha value is -1.31.